The predicted molar refractivity (Wildman–Crippen MR) is 139 cm³/mol. The molecule has 0 saturated carbocycles. The van der Waals surface area contributed by atoms with E-state index in [9.17, 15) is 9.59 Å². The molecule has 0 aliphatic heterocycles. The van der Waals surface area contributed by atoms with Gasteiger partial charge >= 0.3 is 0 Å². The van der Waals surface area contributed by atoms with Gasteiger partial charge < -0.3 is 20.1 Å². The molecule has 2 N–H and O–H groups in total. The Morgan fingerprint density at radius 1 is 0.528 bits per heavy atom. The molecule has 0 fully saturated rings. The van der Waals surface area contributed by atoms with E-state index in [1.165, 1.54) is 0 Å². The average molecular weight is 481 g/mol. The van der Waals surface area contributed by atoms with Crippen LogP contribution in [0.1, 0.15) is 43.9 Å². The van der Waals surface area contributed by atoms with Gasteiger partial charge in [0.2, 0.25) is 0 Å². The molecular formula is C30H28N2O4. The second-order valence-corrected chi connectivity index (χ2v) is 8.18. The zero-order valence-corrected chi connectivity index (χ0v) is 20.2. The van der Waals surface area contributed by atoms with E-state index < -0.39 is 12.1 Å². The van der Waals surface area contributed by atoms with Crippen LogP contribution in [0.15, 0.2) is 109 Å². The van der Waals surface area contributed by atoms with Gasteiger partial charge in [-0.2, -0.15) is 0 Å². The monoisotopic (exact) mass is 480 g/mol. The van der Waals surface area contributed by atoms with Crippen LogP contribution in [0.3, 0.4) is 0 Å². The first kappa shape index (κ1) is 24.5. The van der Waals surface area contributed by atoms with Gasteiger partial charge in [-0.05, 0) is 59.7 Å². The lowest BCUT2D eigenvalue weighted by Gasteiger charge is -2.30. The molecule has 0 saturated heterocycles. The highest BCUT2D eigenvalue weighted by molar-refractivity contribution is 5.95. The molecule has 36 heavy (non-hydrogen) atoms. The van der Waals surface area contributed by atoms with Gasteiger partial charge in [0.1, 0.15) is 11.5 Å². The SMILES string of the molecule is COc1ccc([C@@H](NC(=O)c2ccccc2)[C@@H](NC(=O)c2ccccc2)c2ccc(OC)cc2)cc1. The van der Waals surface area contributed by atoms with Crippen LogP contribution in [0.5, 0.6) is 11.5 Å². The molecule has 4 rings (SSSR count). The van der Waals surface area contributed by atoms with Crippen molar-refractivity contribution in [3.8, 4) is 11.5 Å². The number of ether oxygens (including phenoxy) is 2. The van der Waals surface area contributed by atoms with E-state index in [0.29, 0.717) is 22.6 Å². The first-order chi connectivity index (χ1) is 17.6. The zero-order chi connectivity index (χ0) is 25.3. The van der Waals surface area contributed by atoms with E-state index in [-0.39, 0.29) is 11.8 Å². The summed E-state index contributed by atoms with van der Waals surface area (Å²) in [5, 5.41) is 6.29. The fourth-order valence-electron chi connectivity index (χ4n) is 3.97. The molecule has 0 unspecified atom stereocenters. The normalized spacial score (nSPS) is 12.2. The lowest BCUT2D eigenvalue weighted by molar-refractivity contribution is 0.0881. The van der Waals surface area contributed by atoms with Crippen LogP contribution in [-0.4, -0.2) is 26.0 Å². The summed E-state index contributed by atoms with van der Waals surface area (Å²) in [6, 6.07) is 31.7. The minimum atomic E-state index is -0.579. The first-order valence-corrected chi connectivity index (χ1v) is 11.6. The number of rotatable bonds is 9. The smallest absolute Gasteiger partial charge is 0.251 e. The molecule has 4 aromatic rings. The second-order valence-electron chi connectivity index (χ2n) is 8.18. The van der Waals surface area contributed by atoms with E-state index in [4.69, 9.17) is 9.47 Å². The molecule has 2 atom stereocenters. The fourth-order valence-corrected chi connectivity index (χ4v) is 3.97. The number of amides is 2. The molecular weight excluding hydrogens is 452 g/mol. The molecule has 0 aliphatic carbocycles. The molecule has 0 bridgehead atoms. The van der Waals surface area contributed by atoms with Crippen molar-refractivity contribution in [1.29, 1.82) is 0 Å². The molecule has 6 nitrogen and oxygen atoms in total. The summed E-state index contributed by atoms with van der Waals surface area (Å²) >= 11 is 0. The molecule has 0 heterocycles. The van der Waals surface area contributed by atoms with Gasteiger partial charge in [0, 0.05) is 11.1 Å². The molecule has 0 spiro atoms. The highest BCUT2D eigenvalue weighted by Gasteiger charge is 2.29. The summed E-state index contributed by atoms with van der Waals surface area (Å²) in [4.78, 5) is 26.5. The molecule has 0 radical (unpaired) electrons. The van der Waals surface area contributed by atoms with Gasteiger partial charge in [0.05, 0.1) is 26.3 Å². The summed E-state index contributed by atoms with van der Waals surface area (Å²) in [6.45, 7) is 0. The van der Waals surface area contributed by atoms with Crippen molar-refractivity contribution in [3.63, 3.8) is 0 Å². The number of hydrogen-bond acceptors (Lipinski definition) is 4. The van der Waals surface area contributed by atoms with E-state index in [1.54, 1.807) is 38.5 Å². The largest absolute Gasteiger partial charge is 0.497 e. The molecule has 182 valence electrons. The van der Waals surface area contributed by atoms with Crippen molar-refractivity contribution in [3.05, 3.63) is 131 Å². The summed E-state index contributed by atoms with van der Waals surface area (Å²) in [7, 11) is 3.20. The maximum absolute atomic E-state index is 13.3. The van der Waals surface area contributed by atoms with Gasteiger partial charge in [-0.1, -0.05) is 60.7 Å². The van der Waals surface area contributed by atoms with Crippen LogP contribution in [0.2, 0.25) is 0 Å². The Hall–Kier alpha value is -4.58. The lowest BCUT2D eigenvalue weighted by Crippen LogP contribution is -2.40. The van der Waals surface area contributed by atoms with E-state index in [1.807, 2.05) is 84.9 Å². The Bertz CT molecular complexity index is 1170. The molecule has 0 aromatic heterocycles. The third-order valence-corrected chi connectivity index (χ3v) is 5.93. The average Bonchev–Trinajstić information content (AvgIpc) is 2.95. The minimum absolute atomic E-state index is 0.246. The minimum Gasteiger partial charge on any atom is -0.497 e. The van der Waals surface area contributed by atoms with Crippen molar-refractivity contribution in [1.82, 2.24) is 10.6 Å². The molecule has 2 amide bonds. The van der Waals surface area contributed by atoms with E-state index >= 15 is 0 Å². The Balaban J connectivity index is 1.76. The lowest BCUT2D eigenvalue weighted by atomic mass is 9.92. The van der Waals surface area contributed by atoms with Crippen LogP contribution in [0.25, 0.3) is 0 Å². The van der Waals surface area contributed by atoms with Crippen LogP contribution >= 0.6 is 0 Å². The van der Waals surface area contributed by atoms with Gasteiger partial charge in [-0.15, -0.1) is 0 Å². The molecule has 0 aliphatic rings. The summed E-state index contributed by atoms with van der Waals surface area (Å²) in [5.74, 6) is 0.898. The number of carbonyl (C=O) groups excluding carboxylic acids is 2. The quantitative estimate of drug-likeness (QED) is 0.339. The summed E-state index contributed by atoms with van der Waals surface area (Å²) < 4.78 is 10.6. The maximum atomic E-state index is 13.3. The highest BCUT2D eigenvalue weighted by atomic mass is 16.5. The van der Waals surface area contributed by atoms with Crippen molar-refractivity contribution < 1.29 is 19.1 Å². The van der Waals surface area contributed by atoms with Crippen molar-refractivity contribution in [2.45, 2.75) is 12.1 Å². The third kappa shape index (κ3) is 5.91. The summed E-state index contributed by atoms with van der Waals surface area (Å²) in [6.07, 6.45) is 0. The first-order valence-electron chi connectivity index (χ1n) is 11.6. The van der Waals surface area contributed by atoms with Crippen molar-refractivity contribution in [2.24, 2.45) is 0 Å². The van der Waals surface area contributed by atoms with Crippen LogP contribution < -0.4 is 20.1 Å². The fraction of sp³-hybridized carbons (Fsp3) is 0.133. The molecule has 6 heteroatoms. The Kier molecular flexibility index (Phi) is 7.98. The Morgan fingerprint density at radius 2 is 0.861 bits per heavy atom. The third-order valence-electron chi connectivity index (χ3n) is 5.93. The predicted octanol–water partition coefficient (Wildman–Crippen LogP) is 5.35. The van der Waals surface area contributed by atoms with E-state index in [2.05, 4.69) is 10.6 Å². The number of nitrogens with one attached hydrogen (secondary N) is 2. The van der Waals surface area contributed by atoms with Crippen LogP contribution in [0, 0.1) is 0 Å². The topological polar surface area (TPSA) is 76.7 Å². The number of carbonyl (C=O) groups is 2. The zero-order valence-electron chi connectivity index (χ0n) is 20.2. The van der Waals surface area contributed by atoms with Crippen molar-refractivity contribution >= 4 is 11.8 Å². The molecule has 4 aromatic carbocycles. The summed E-state index contributed by atoms with van der Waals surface area (Å²) in [5.41, 5.74) is 2.68. The number of methoxy groups -OCH3 is 2. The number of benzene rings is 4. The highest BCUT2D eigenvalue weighted by Crippen LogP contribution is 2.32. The van der Waals surface area contributed by atoms with Gasteiger partial charge in [-0.3, -0.25) is 9.59 Å². The standard InChI is InChI=1S/C30H28N2O4/c1-35-25-17-13-21(14-18-25)27(31-29(33)23-9-5-3-6-10-23)28(22-15-19-26(36-2)20-16-22)32-30(34)24-11-7-4-8-12-24/h3-20,27-28H,1-2H3,(H,31,33)(H,32,34)/t27-,28+. The van der Waals surface area contributed by atoms with Gasteiger partial charge in [-0.25, -0.2) is 0 Å². The van der Waals surface area contributed by atoms with Gasteiger partial charge in [0.25, 0.3) is 11.8 Å². The van der Waals surface area contributed by atoms with Gasteiger partial charge in [0.15, 0.2) is 0 Å². The second kappa shape index (κ2) is 11.7. The number of hydrogen-bond donors (Lipinski definition) is 2. The Morgan fingerprint density at radius 3 is 1.17 bits per heavy atom. The van der Waals surface area contributed by atoms with E-state index in [0.717, 1.165) is 11.1 Å². The van der Waals surface area contributed by atoms with Crippen LogP contribution in [-0.2, 0) is 0 Å². The van der Waals surface area contributed by atoms with Crippen LogP contribution in [0.4, 0.5) is 0 Å². The maximum Gasteiger partial charge on any atom is 0.251 e. The Labute approximate surface area is 210 Å². The van der Waals surface area contributed by atoms with Crippen molar-refractivity contribution in [2.75, 3.05) is 14.2 Å².